The molecule has 0 atom stereocenters. The monoisotopic (exact) mass is 359 g/mol. The van der Waals surface area contributed by atoms with Crippen molar-refractivity contribution >= 4 is 34.6 Å². The van der Waals surface area contributed by atoms with E-state index in [1.165, 1.54) is 0 Å². The molecule has 3 N–H and O–H groups in total. The van der Waals surface area contributed by atoms with Crippen molar-refractivity contribution in [3.8, 4) is 0 Å². The van der Waals surface area contributed by atoms with Crippen LogP contribution in [-0.2, 0) is 9.59 Å². The molecule has 0 radical (unpaired) electrons. The Morgan fingerprint density at radius 1 is 0.667 bits per heavy atom. The molecule has 5 heteroatoms. The molecule has 0 spiro atoms. The fourth-order valence-electron chi connectivity index (χ4n) is 2.56. The van der Waals surface area contributed by atoms with Crippen molar-refractivity contribution < 1.29 is 9.59 Å². The molecule has 0 aromatic heterocycles. The van der Waals surface area contributed by atoms with Gasteiger partial charge in [-0.05, 0) is 67.4 Å². The van der Waals surface area contributed by atoms with Gasteiger partial charge in [0.1, 0.15) is 0 Å². The normalized spacial score (nSPS) is 10.1. The van der Waals surface area contributed by atoms with E-state index < -0.39 is 11.8 Å². The summed E-state index contributed by atoms with van der Waals surface area (Å²) in [6, 6.07) is 22.6. The molecule has 27 heavy (non-hydrogen) atoms. The maximum absolute atomic E-state index is 12.2. The van der Waals surface area contributed by atoms with Crippen LogP contribution in [0.15, 0.2) is 72.8 Å². The quantitative estimate of drug-likeness (QED) is 0.595. The van der Waals surface area contributed by atoms with Crippen LogP contribution < -0.4 is 16.0 Å². The first-order valence-corrected chi connectivity index (χ1v) is 8.63. The number of amides is 2. The number of aryl methyl sites for hydroxylation is 2. The zero-order valence-electron chi connectivity index (χ0n) is 15.2. The van der Waals surface area contributed by atoms with Gasteiger partial charge in [0.25, 0.3) is 0 Å². The average Bonchev–Trinajstić information content (AvgIpc) is 2.67. The van der Waals surface area contributed by atoms with E-state index in [0.717, 1.165) is 22.5 Å². The highest BCUT2D eigenvalue weighted by Gasteiger charge is 2.15. The van der Waals surface area contributed by atoms with Gasteiger partial charge in [0.2, 0.25) is 0 Å². The molecule has 5 nitrogen and oxygen atoms in total. The highest BCUT2D eigenvalue weighted by atomic mass is 16.2. The van der Waals surface area contributed by atoms with Crippen molar-refractivity contribution in [1.29, 1.82) is 0 Å². The second kappa shape index (κ2) is 8.19. The minimum absolute atomic E-state index is 0.551. The van der Waals surface area contributed by atoms with Crippen LogP contribution in [0.25, 0.3) is 0 Å². The lowest BCUT2D eigenvalue weighted by atomic mass is 10.1. The number of rotatable bonds is 4. The van der Waals surface area contributed by atoms with E-state index in [-0.39, 0.29) is 0 Å². The average molecular weight is 359 g/mol. The summed E-state index contributed by atoms with van der Waals surface area (Å²) < 4.78 is 0. The first-order chi connectivity index (χ1) is 13.0. The van der Waals surface area contributed by atoms with Crippen molar-refractivity contribution in [3.05, 3.63) is 83.9 Å². The van der Waals surface area contributed by atoms with Gasteiger partial charge < -0.3 is 16.0 Å². The summed E-state index contributed by atoms with van der Waals surface area (Å²) in [7, 11) is 0. The Bertz CT molecular complexity index is 951. The lowest BCUT2D eigenvalue weighted by Crippen LogP contribution is -2.29. The van der Waals surface area contributed by atoms with Gasteiger partial charge in [0.15, 0.2) is 0 Å². The molecular formula is C22H21N3O2. The molecule has 0 aliphatic rings. The minimum atomic E-state index is -0.709. The number of hydrogen-bond acceptors (Lipinski definition) is 3. The van der Waals surface area contributed by atoms with E-state index in [1.54, 1.807) is 12.1 Å². The molecule has 2 amide bonds. The predicted molar refractivity (Wildman–Crippen MR) is 109 cm³/mol. The Balaban J connectivity index is 1.60. The van der Waals surface area contributed by atoms with Crippen LogP contribution in [0.1, 0.15) is 11.1 Å². The van der Waals surface area contributed by atoms with Gasteiger partial charge in [-0.2, -0.15) is 0 Å². The summed E-state index contributed by atoms with van der Waals surface area (Å²) >= 11 is 0. The Hall–Kier alpha value is -3.60. The van der Waals surface area contributed by atoms with Gasteiger partial charge in [0, 0.05) is 22.7 Å². The molecule has 0 saturated heterocycles. The number of benzene rings is 3. The third-order valence-corrected chi connectivity index (χ3v) is 4.05. The first kappa shape index (κ1) is 18.2. The van der Waals surface area contributed by atoms with Crippen molar-refractivity contribution in [1.82, 2.24) is 0 Å². The number of carbonyl (C=O) groups excluding carboxylic acids is 2. The van der Waals surface area contributed by atoms with Gasteiger partial charge in [0.05, 0.1) is 0 Å². The van der Waals surface area contributed by atoms with Gasteiger partial charge in [-0.15, -0.1) is 0 Å². The predicted octanol–water partition coefficient (Wildman–Crippen LogP) is 4.62. The van der Waals surface area contributed by atoms with Crippen LogP contribution in [0.3, 0.4) is 0 Å². The highest BCUT2D eigenvalue weighted by Crippen LogP contribution is 2.19. The summed E-state index contributed by atoms with van der Waals surface area (Å²) in [5.74, 6) is -1.41. The third kappa shape index (κ3) is 4.95. The lowest BCUT2D eigenvalue weighted by Gasteiger charge is -2.10. The molecule has 0 aliphatic carbocycles. The lowest BCUT2D eigenvalue weighted by molar-refractivity contribution is -0.133. The van der Waals surface area contributed by atoms with Crippen LogP contribution in [0.5, 0.6) is 0 Å². The first-order valence-electron chi connectivity index (χ1n) is 8.63. The maximum Gasteiger partial charge on any atom is 0.314 e. The van der Waals surface area contributed by atoms with Crippen LogP contribution in [-0.4, -0.2) is 11.8 Å². The summed E-state index contributed by atoms with van der Waals surface area (Å²) in [4.78, 5) is 24.3. The number of nitrogens with one attached hydrogen (secondary N) is 3. The maximum atomic E-state index is 12.2. The van der Waals surface area contributed by atoms with Gasteiger partial charge in [-0.3, -0.25) is 9.59 Å². The number of anilines is 4. The fraction of sp³-hybridized carbons (Fsp3) is 0.0909. The molecule has 136 valence electrons. The van der Waals surface area contributed by atoms with E-state index in [2.05, 4.69) is 16.0 Å². The van der Waals surface area contributed by atoms with E-state index in [1.807, 2.05) is 74.5 Å². The molecular weight excluding hydrogens is 338 g/mol. The third-order valence-electron chi connectivity index (χ3n) is 4.05. The zero-order chi connectivity index (χ0) is 19.2. The molecule has 0 saturated carbocycles. The Morgan fingerprint density at radius 2 is 1.26 bits per heavy atom. The van der Waals surface area contributed by atoms with Crippen molar-refractivity contribution in [3.63, 3.8) is 0 Å². The Morgan fingerprint density at radius 3 is 1.96 bits per heavy atom. The topological polar surface area (TPSA) is 70.2 Å². The van der Waals surface area contributed by atoms with Gasteiger partial charge in [-0.25, -0.2) is 0 Å². The number of para-hydroxylation sites is 1. The van der Waals surface area contributed by atoms with E-state index in [9.17, 15) is 9.59 Å². The van der Waals surface area contributed by atoms with Crippen LogP contribution in [0.4, 0.5) is 22.7 Å². The highest BCUT2D eigenvalue weighted by molar-refractivity contribution is 6.43. The fourth-order valence-corrected chi connectivity index (χ4v) is 2.56. The molecule has 0 heterocycles. The molecule has 3 rings (SSSR count). The SMILES string of the molecule is Cc1ccc(C)c(NC(=O)C(=O)Nc2ccc(Nc3ccccc3)cc2)c1. The minimum Gasteiger partial charge on any atom is -0.356 e. The van der Waals surface area contributed by atoms with E-state index in [4.69, 9.17) is 0 Å². The summed E-state index contributed by atoms with van der Waals surface area (Å²) in [6.45, 7) is 3.81. The molecule has 0 unspecified atom stereocenters. The van der Waals surface area contributed by atoms with Crippen LogP contribution in [0, 0.1) is 13.8 Å². The summed E-state index contributed by atoms with van der Waals surface area (Å²) in [5.41, 5.74) is 4.96. The van der Waals surface area contributed by atoms with E-state index in [0.29, 0.717) is 11.4 Å². The molecule has 0 bridgehead atoms. The molecule has 3 aromatic carbocycles. The second-order valence-electron chi connectivity index (χ2n) is 6.29. The zero-order valence-corrected chi connectivity index (χ0v) is 15.2. The van der Waals surface area contributed by atoms with Gasteiger partial charge in [-0.1, -0.05) is 30.3 Å². The van der Waals surface area contributed by atoms with Gasteiger partial charge >= 0.3 is 11.8 Å². The van der Waals surface area contributed by atoms with Crippen molar-refractivity contribution in [2.24, 2.45) is 0 Å². The van der Waals surface area contributed by atoms with E-state index >= 15 is 0 Å². The summed E-state index contributed by atoms with van der Waals surface area (Å²) in [5, 5.41) is 8.52. The van der Waals surface area contributed by atoms with Crippen LogP contribution >= 0.6 is 0 Å². The Labute approximate surface area is 158 Å². The molecule has 0 fully saturated rings. The smallest absolute Gasteiger partial charge is 0.314 e. The molecule has 0 aliphatic heterocycles. The Kier molecular flexibility index (Phi) is 5.52. The van der Waals surface area contributed by atoms with Crippen LogP contribution in [0.2, 0.25) is 0 Å². The molecule has 3 aromatic rings. The van der Waals surface area contributed by atoms with Crippen molar-refractivity contribution in [2.45, 2.75) is 13.8 Å². The number of carbonyl (C=O) groups is 2. The van der Waals surface area contributed by atoms with Crippen molar-refractivity contribution in [2.75, 3.05) is 16.0 Å². The largest absolute Gasteiger partial charge is 0.356 e. The second-order valence-corrected chi connectivity index (χ2v) is 6.29. The summed E-state index contributed by atoms with van der Waals surface area (Å²) in [6.07, 6.45) is 0. The number of hydrogen-bond donors (Lipinski definition) is 3. The standard InChI is InChI=1S/C22H21N3O2/c1-15-8-9-16(2)20(14-15)25-22(27)21(26)24-19-12-10-18(11-13-19)23-17-6-4-3-5-7-17/h3-14,23H,1-2H3,(H,24,26)(H,25,27).